The fourth-order valence-electron chi connectivity index (χ4n) is 0.376. The summed E-state index contributed by atoms with van der Waals surface area (Å²) in [5.74, 6) is 0. The molecule has 0 amide bonds. The van der Waals surface area contributed by atoms with E-state index >= 15 is 0 Å². The van der Waals surface area contributed by atoms with Crippen LogP contribution in [0.5, 0.6) is 0 Å². The zero-order valence-corrected chi connectivity index (χ0v) is 6.70. The molecule has 0 unspecified atom stereocenters. The number of hydrogen-bond donors (Lipinski definition) is 0. The molecule has 6 heteroatoms. The number of carbonyl (C=O) groups is 1. The minimum Gasteiger partial charge on any atom is -0.388 e. The lowest BCUT2D eigenvalue weighted by Crippen LogP contribution is -2.35. The lowest BCUT2D eigenvalue weighted by atomic mass is 10.6. The first-order valence-corrected chi connectivity index (χ1v) is 3.32. The van der Waals surface area contributed by atoms with Crippen molar-refractivity contribution in [2.75, 3.05) is 0 Å². The Hall–Kier alpha value is -0.120. The van der Waals surface area contributed by atoms with Crippen molar-refractivity contribution >= 4 is 41.0 Å². The number of rotatable bonds is 1. The molecular weight excluding hydrogens is 202 g/mol. The van der Waals surface area contributed by atoms with Crippen LogP contribution < -0.4 is 0 Å². The normalized spacial score (nSPS) is 16.9. The van der Waals surface area contributed by atoms with Gasteiger partial charge in [0.2, 0.25) is 0 Å². The predicted octanol–water partition coefficient (Wildman–Crippen LogP) is 2.36. The van der Waals surface area contributed by atoms with Crippen LogP contribution in [0, 0.1) is 0 Å². The van der Waals surface area contributed by atoms with Crippen molar-refractivity contribution in [3.63, 3.8) is 0 Å². The van der Waals surface area contributed by atoms with Gasteiger partial charge in [0, 0.05) is 0 Å². The fraction of sp³-hybridized carbons (Fsp3) is 0.250. The maximum atomic E-state index is 10.0. The van der Waals surface area contributed by atoms with Gasteiger partial charge in [-0.25, -0.2) is 4.79 Å². The molecule has 0 bridgehead atoms. The van der Waals surface area contributed by atoms with Gasteiger partial charge in [0.1, 0.15) is 9.52 Å². The van der Waals surface area contributed by atoms with Gasteiger partial charge in [-0.1, -0.05) is 34.8 Å². The first-order chi connectivity index (χ1) is 4.61. The lowest BCUT2D eigenvalue weighted by molar-refractivity contribution is -0.156. The second-order valence-corrected chi connectivity index (χ2v) is 2.78. The molecule has 1 aliphatic heterocycles. The molecule has 0 aromatic carbocycles. The standard InChI is InChI=1S/C4HCl3O3/c5-1(2(6)7)3-9-4(8)10-3/h3H. The molecule has 3 nitrogen and oxygen atoms in total. The second-order valence-electron chi connectivity index (χ2n) is 1.43. The quantitative estimate of drug-likeness (QED) is 0.614. The van der Waals surface area contributed by atoms with Crippen LogP contribution in [0.15, 0.2) is 9.52 Å². The maximum Gasteiger partial charge on any atom is 0.515 e. The Morgan fingerprint density at radius 3 is 2.10 bits per heavy atom. The Labute approximate surface area is 71.4 Å². The Bertz CT molecular complexity index is 188. The van der Waals surface area contributed by atoms with E-state index in [4.69, 9.17) is 34.8 Å². The highest BCUT2D eigenvalue weighted by atomic mass is 35.5. The SMILES string of the molecule is O=C1OC(C(Cl)=C(Cl)Cl)O1. The van der Waals surface area contributed by atoms with Crippen LogP contribution in [0.4, 0.5) is 4.79 Å². The molecular formula is C4HCl3O3. The van der Waals surface area contributed by atoms with Crippen LogP contribution in [0.2, 0.25) is 0 Å². The molecule has 0 aromatic heterocycles. The maximum absolute atomic E-state index is 10.0. The summed E-state index contributed by atoms with van der Waals surface area (Å²) in [5, 5.41) is -0.0251. The van der Waals surface area contributed by atoms with Crippen molar-refractivity contribution in [1.82, 2.24) is 0 Å². The van der Waals surface area contributed by atoms with Crippen LogP contribution in [-0.2, 0) is 9.47 Å². The van der Waals surface area contributed by atoms with Gasteiger partial charge < -0.3 is 9.47 Å². The summed E-state index contributed by atoms with van der Waals surface area (Å²) < 4.78 is 8.52. The number of carbonyl (C=O) groups excluding carboxylic acids is 1. The van der Waals surface area contributed by atoms with Gasteiger partial charge in [-0.05, 0) is 0 Å². The molecule has 0 aliphatic carbocycles. The number of ether oxygens (including phenoxy) is 2. The van der Waals surface area contributed by atoms with Crippen LogP contribution in [0.3, 0.4) is 0 Å². The molecule has 56 valence electrons. The zero-order chi connectivity index (χ0) is 7.72. The fourth-order valence-corrected chi connectivity index (χ4v) is 0.643. The topological polar surface area (TPSA) is 35.5 Å². The number of cyclic esters (lactones) is 2. The Morgan fingerprint density at radius 1 is 1.30 bits per heavy atom. The summed E-state index contributed by atoms with van der Waals surface area (Å²) >= 11 is 15.8. The minimum absolute atomic E-state index is 0.0251. The van der Waals surface area contributed by atoms with Gasteiger partial charge in [-0.2, -0.15) is 0 Å². The summed E-state index contributed by atoms with van der Waals surface area (Å²) in [6.45, 7) is 0. The van der Waals surface area contributed by atoms with E-state index in [1.807, 2.05) is 0 Å². The molecule has 10 heavy (non-hydrogen) atoms. The Kier molecular flexibility index (Phi) is 2.28. The van der Waals surface area contributed by atoms with E-state index in [1.54, 1.807) is 0 Å². The predicted molar refractivity (Wildman–Crippen MR) is 35.9 cm³/mol. The average Bonchev–Trinajstić information content (AvgIpc) is 1.79. The van der Waals surface area contributed by atoms with E-state index in [1.165, 1.54) is 0 Å². The van der Waals surface area contributed by atoms with E-state index in [2.05, 4.69) is 9.47 Å². The zero-order valence-electron chi connectivity index (χ0n) is 4.44. The second kappa shape index (κ2) is 2.86. The highest BCUT2D eigenvalue weighted by molar-refractivity contribution is 6.59. The van der Waals surface area contributed by atoms with Crippen molar-refractivity contribution in [2.45, 2.75) is 6.29 Å². The summed E-state index contributed by atoms with van der Waals surface area (Å²) in [6.07, 6.45) is -1.70. The molecule has 1 aliphatic rings. The molecule has 1 rings (SSSR count). The van der Waals surface area contributed by atoms with E-state index in [9.17, 15) is 4.79 Å². The van der Waals surface area contributed by atoms with Crippen molar-refractivity contribution in [3.8, 4) is 0 Å². The third kappa shape index (κ3) is 1.48. The van der Waals surface area contributed by atoms with Crippen LogP contribution in [0.25, 0.3) is 0 Å². The van der Waals surface area contributed by atoms with Crippen LogP contribution in [0.1, 0.15) is 0 Å². The highest BCUT2D eigenvalue weighted by Crippen LogP contribution is 2.28. The van der Waals surface area contributed by atoms with Crippen LogP contribution in [-0.4, -0.2) is 12.4 Å². The van der Waals surface area contributed by atoms with Gasteiger partial charge in [0.05, 0.1) is 0 Å². The molecule has 0 atom stereocenters. The average molecular weight is 203 g/mol. The van der Waals surface area contributed by atoms with Crippen molar-refractivity contribution in [1.29, 1.82) is 0 Å². The summed E-state index contributed by atoms with van der Waals surface area (Å²) in [7, 11) is 0. The van der Waals surface area contributed by atoms with Gasteiger partial charge >= 0.3 is 6.16 Å². The molecule has 0 aromatic rings. The third-order valence-electron chi connectivity index (χ3n) is 0.794. The van der Waals surface area contributed by atoms with E-state index < -0.39 is 12.4 Å². The molecule has 0 radical (unpaired) electrons. The first-order valence-electron chi connectivity index (χ1n) is 2.19. The van der Waals surface area contributed by atoms with E-state index in [-0.39, 0.29) is 9.52 Å². The van der Waals surface area contributed by atoms with Gasteiger partial charge in [0.25, 0.3) is 6.29 Å². The third-order valence-corrected chi connectivity index (χ3v) is 1.76. The molecule has 0 saturated carbocycles. The number of hydrogen-bond acceptors (Lipinski definition) is 3. The summed E-state index contributed by atoms with van der Waals surface area (Å²) in [5.41, 5.74) is 0. The van der Waals surface area contributed by atoms with Crippen LogP contribution >= 0.6 is 34.8 Å². The number of halogens is 3. The van der Waals surface area contributed by atoms with Gasteiger partial charge in [-0.15, -0.1) is 0 Å². The Balaban J connectivity index is 2.53. The van der Waals surface area contributed by atoms with Gasteiger partial charge in [0.15, 0.2) is 0 Å². The molecule has 1 heterocycles. The van der Waals surface area contributed by atoms with Crippen molar-refractivity contribution < 1.29 is 14.3 Å². The highest BCUT2D eigenvalue weighted by Gasteiger charge is 2.34. The smallest absolute Gasteiger partial charge is 0.388 e. The van der Waals surface area contributed by atoms with Crippen molar-refractivity contribution in [3.05, 3.63) is 9.52 Å². The minimum atomic E-state index is -0.917. The molecule has 0 N–H and O–H groups in total. The summed E-state index contributed by atoms with van der Waals surface area (Å²) in [6, 6.07) is 0. The van der Waals surface area contributed by atoms with Crippen molar-refractivity contribution in [2.24, 2.45) is 0 Å². The van der Waals surface area contributed by atoms with E-state index in [0.717, 1.165) is 0 Å². The first kappa shape index (κ1) is 7.98. The monoisotopic (exact) mass is 202 g/mol. The lowest BCUT2D eigenvalue weighted by Gasteiger charge is -2.24. The molecule has 1 fully saturated rings. The molecule has 1 saturated heterocycles. The summed E-state index contributed by atoms with van der Waals surface area (Å²) in [4.78, 5) is 10.0. The van der Waals surface area contributed by atoms with Gasteiger partial charge in [-0.3, -0.25) is 0 Å². The Morgan fingerprint density at radius 2 is 1.80 bits per heavy atom. The van der Waals surface area contributed by atoms with E-state index in [0.29, 0.717) is 0 Å². The molecule has 0 spiro atoms. The largest absolute Gasteiger partial charge is 0.515 e.